The number of fused-ring (bicyclic) bond motifs is 2. The van der Waals surface area contributed by atoms with Gasteiger partial charge in [-0.1, -0.05) is 59.9 Å². The van der Waals surface area contributed by atoms with E-state index in [1.165, 1.54) is 21.4 Å². The number of para-hydroxylation sites is 1. The zero-order valence-electron chi connectivity index (χ0n) is 25.4. The van der Waals surface area contributed by atoms with Gasteiger partial charge in [0.05, 0.1) is 28.5 Å². The molecule has 6 rings (SSSR count). The Bertz CT molecular complexity index is 1870. The fourth-order valence-electron chi connectivity index (χ4n) is 5.64. The summed E-state index contributed by atoms with van der Waals surface area (Å²) in [6.07, 6.45) is 0.204. The highest BCUT2D eigenvalue weighted by molar-refractivity contribution is 7.22. The lowest BCUT2D eigenvalue weighted by molar-refractivity contribution is -0.136. The summed E-state index contributed by atoms with van der Waals surface area (Å²) in [5, 5.41) is 21.6. The van der Waals surface area contributed by atoms with Crippen LogP contribution >= 0.6 is 11.3 Å². The smallest absolute Gasteiger partial charge is 0.333 e. The molecule has 1 aromatic heterocycles. The Balaban J connectivity index is 1.28. The van der Waals surface area contributed by atoms with Crippen LogP contribution in [0.15, 0.2) is 79.2 Å². The molecule has 4 aromatic rings. The van der Waals surface area contributed by atoms with Gasteiger partial charge in [-0.25, -0.2) is 19.8 Å². The molecule has 0 saturated carbocycles. The van der Waals surface area contributed by atoms with Gasteiger partial charge in [-0.2, -0.15) is 5.26 Å². The number of hydrogen-bond acceptors (Lipinski definition) is 10. The van der Waals surface area contributed by atoms with E-state index >= 15 is 0 Å². The Labute approximate surface area is 275 Å². The van der Waals surface area contributed by atoms with Crippen LogP contribution in [-0.2, 0) is 29.1 Å². The number of ether oxygens (including phenoxy) is 1. The van der Waals surface area contributed by atoms with E-state index in [1.807, 2.05) is 66.7 Å². The molecule has 47 heavy (non-hydrogen) atoms. The molecule has 2 aliphatic heterocycles. The van der Waals surface area contributed by atoms with Crippen molar-refractivity contribution in [2.45, 2.75) is 25.6 Å². The molecule has 13 nitrogen and oxygen atoms in total. The number of carbonyl (C=O) groups is 3. The number of thiazole rings is 1. The Morgan fingerprint density at radius 2 is 1.98 bits per heavy atom. The van der Waals surface area contributed by atoms with Crippen LogP contribution in [-0.4, -0.2) is 70.0 Å². The molecule has 0 bridgehead atoms. The van der Waals surface area contributed by atoms with Gasteiger partial charge in [-0.3, -0.25) is 9.59 Å². The minimum atomic E-state index is -0.915. The number of nitriles is 1. The van der Waals surface area contributed by atoms with Gasteiger partial charge in [-0.15, -0.1) is 0 Å². The van der Waals surface area contributed by atoms with Crippen LogP contribution in [0.3, 0.4) is 0 Å². The Morgan fingerprint density at radius 3 is 2.79 bits per heavy atom. The second kappa shape index (κ2) is 13.8. The lowest BCUT2D eigenvalue weighted by Crippen LogP contribution is -2.55. The summed E-state index contributed by atoms with van der Waals surface area (Å²) in [4.78, 5) is 47.3. The molecular formula is C33H33N9O4S. The quantitative estimate of drug-likeness (QED) is 0.209. The number of benzene rings is 3. The third-order valence-electron chi connectivity index (χ3n) is 7.85. The van der Waals surface area contributed by atoms with Crippen LogP contribution < -0.4 is 26.4 Å². The minimum Gasteiger partial charge on any atom is -0.440 e. The van der Waals surface area contributed by atoms with Crippen molar-refractivity contribution >= 4 is 50.2 Å². The highest BCUT2D eigenvalue weighted by Gasteiger charge is 2.33. The Hall–Kier alpha value is -5.65. The summed E-state index contributed by atoms with van der Waals surface area (Å²) < 4.78 is 6.45. The summed E-state index contributed by atoms with van der Waals surface area (Å²) in [5.41, 5.74) is 9.91. The first-order valence-corrected chi connectivity index (χ1v) is 15.8. The number of nitrogens with one attached hydrogen (secondary N) is 3. The second-order valence-corrected chi connectivity index (χ2v) is 12.2. The van der Waals surface area contributed by atoms with Gasteiger partial charge in [0.25, 0.3) is 0 Å². The summed E-state index contributed by atoms with van der Waals surface area (Å²) in [6.45, 7) is 3.97. The van der Waals surface area contributed by atoms with Crippen molar-refractivity contribution in [3.8, 4) is 11.8 Å². The third-order valence-corrected chi connectivity index (χ3v) is 8.70. The number of amides is 4. The topological polar surface area (TPSA) is 169 Å². The Kier molecular flexibility index (Phi) is 9.18. The number of rotatable bonds is 8. The molecule has 3 aromatic carbocycles. The Morgan fingerprint density at radius 1 is 1.15 bits per heavy atom. The predicted octanol–water partition coefficient (Wildman–Crippen LogP) is 3.18. The molecule has 2 aliphatic rings. The number of urea groups is 1. The number of nitrogens with zero attached hydrogens (tertiary/aromatic N) is 5. The van der Waals surface area contributed by atoms with Gasteiger partial charge < -0.3 is 31.3 Å². The number of hydrogen-bond donors (Lipinski definition) is 4. The van der Waals surface area contributed by atoms with Gasteiger partial charge in [0, 0.05) is 32.6 Å². The fraction of sp³-hybridized carbons (Fsp3) is 0.242. The third kappa shape index (κ3) is 7.27. The van der Waals surface area contributed by atoms with Crippen LogP contribution in [0.2, 0.25) is 0 Å². The molecule has 1 fully saturated rings. The van der Waals surface area contributed by atoms with E-state index in [0.717, 1.165) is 27.1 Å². The second-order valence-electron chi connectivity index (χ2n) is 11.1. The molecular weight excluding hydrogens is 618 g/mol. The number of carbonyl (C=O) groups excluding carboxylic acids is 3. The molecule has 0 unspecified atom stereocenters. The monoisotopic (exact) mass is 651 g/mol. The van der Waals surface area contributed by atoms with E-state index < -0.39 is 18.0 Å². The van der Waals surface area contributed by atoms with E-state index in [2.05, 4.69) is 27.5 Å². The molecule has 0 aliphatic carbocycles. The molecule has 3 heterocycles. The van der Waals surface area contributed by atoms with Crippen LogP contribution in [0.4, 0.5) is 15.6 Å². The maximum atomic E-state index is 14.3. The fourth-order valence-corrected chi connectivity index (χ4v) is 6.42. The maximum absolute atomic E-state index is 14.3. The highest BCUT2D eigenvalue weighted by Crippen LogP contribution is 2.34. The average molecular weight is 652 g/mol. The van der Waals surface area contributed by atoms with Gasteiger partial charge in [-0.05, 0) is 41.5 Å². The minimum absolute atomic E-state index is 0.115. The molecule has 5 N–H and O–H groups in total. The molecule has 0 radical (unpaired) electrons. The SMILES string of the molecule is C=C1Nc2cc(C[C@@H]3NC(=O)CN(N(CC#N)C(=O)NCc4ccccc4)CCN(Cc4cccc5sc(N)nc45)C3=O)ccc2O1. The van der Waals surface area contributed by atoms with Crippen LogP contribution in [0.1, 0.15) is 16.7 Å². The number of nitrogen functional groups attached to an aromatic ring is 1. The van der Waals surface area contributed by atoms with Crippen molar-refractivity contribution in [1.82, 2.24) is 30.5 Å². The average Bonchev–Trinajstić information content (AvgIpc) is 3.64. The van der Waals surface area contributed by atoms with Gasteiger partial charge >= 0.3 is 6.03 Å². The molecule has 4 amide bonds. The zero-order valence-corrected chi connectivity index (χ0v) is 26.3. The molecule has 240 valence electrons. The van der Waals surface area contributed by atoms with E-state index in [-0.39, 0.29) is 51.6 Å². The predicted molar refractivity (Wildman–Crippen MR) is 177 cm³/mol. The van der Waals surface area contributed by atoms with Gasteiger partial charge in [0.1, 0.15) is 12.6 Å². The van der Waals surface area contributed by atoms with Crippen molar-refractivity contribution in [3.63, 3.8) is 0 Å². The van der Waals surface area contributed by atoms with E-state index in [4.69, 9.17) is 10.5 Å². The first-order valence-electron chi connectivity index (χ1n) is 15.0. The van der Waals surface area contributed by atoms with E-state index in [9.17, 15) is 19.6 Å². The summed E-state index contributed by atoms with van der Waals surface area (Å²) in [6, 6.07) is 21.1. The largest absolute Gasteiger partial charge is 0.440 e. The molecule has 0 spiro atoms. The number of nitrogens with two attached hydrogens (primary N) is 1. The van der Waals surface area contributed by atoms with Crippen molar-refractivity contribution in [3.05, 3.63) is 95.9 Å². The first-order chi connectivity index (χ1) is 22.8. The lowest BCUT2D eigenvalue weighted by Gasteiger charge is -2.33. The van der Waals surface area contributed by atoms with Gasteiger partial charge in [0.15, 0.2) is 16.8 Å². The first kappa shape index (κ1) is 31.3. The van der Waals surface area contributed by atoms with E-state index in [0.29, 0.717) is 22.3 Å². The number of aromatic nitrogens is 1. The summed E-state index contributed by atoms with van der Waals surface area (Å²) in [7, 11) is 0. The summed E-state index contributed by atoms with van der Waals surface area (Å²) >= 11 is 1.36. The van der Waals surface area contributed by atoms with Crippen molar-refractivity contribution in [2.75, 3.05) is 37.2 Å². The van der Waals surface area contributed by atoms with Crippen molar-refractivity contribution < 1.29 is 19.1 Å². The number of hydrazine groups is 1. The lowest BCUT2D eigenvalue weighted by atomic mass is 10.0. The molecule has 14 heteroatoms. The number of anilines is 2. The van der Waals surface area contributed by atoms with Crippen LogP contribution in [0.25, 0.3) is 10.2 Å². The zero-order chi connectivity index (χ0) is 32.9. The normalized spacial score (nSPS) is 16.6. The molecule has 1 saturated heterocycles. The van der Waals surface area contributed by atoms with E-state index in [1.54, 1.807) is 11.0 Å². The maximum Gasteiger partial charge on any atom is 0.333 e. The van der Waals surface area contributed by atoms with Gasteiger partial charge in [0.2, 0.25) is 11.8 Å². The highest BCUT2D eigenvalue weighted by atomic mass is 32.1. The standard InChI is InChI=1S/C33H33N9O4S/c1-21-37-25-16-23(10-11-27(25)46-21)17-26-31(44)40(19-24-8-5-9-28-30(24)39-32(35)47-28)14-15-41(20-29(43)38-26)42(13-12-34)33(45)36-18-22-6-3-2-4-7-22/h2-11,16,26,37H,1,13-15,17-20H2,(H2,35,39)(H,36,45)(H,38,43)/t26-/m0/s1. The molecule has 1 atom stereocenters. The van der Waals surface area contributed by atoms with Crippen LogP contribution in [0, 0.1) is 11.3 Å². The van der Waals surface area contributed by atoms with Crippen molar-refractivity contribution in [2.24, 2.45) is 0 Å². The van der Waals surface area contributed by atoms with Crippen LogP contribution in [0.5, 0.6) is 5.75 Å². The summed E-state index contributed by atoms with van der Waals surface area (Å²) in [5.74, 6) is 0.269. The van der Waals surface area contributed by atoms with Crippen molar-refractivity contribution in [1.29, 1.82) is 5.26 Å².